The summed E-state index contributed by atoms with van der Waals surface area (Å²) in [5.41, 5.74) is 3.39. The second-order valence-corrected chi connectivity index (χ2v) is 5.67. The Kier molecular flexibility index (Phi) is 6.31. The van der Waals surface area contributed by atoms with E-state index < -0.39 is 5.91 Å². The number of nitrogens with one attached hydrogen (secondary N) is 2. The van der Waals surface area contributed by atoms with E-state index in [-0.39, 0.29) is 19.1 Å². The highest BCUT2D eigenvalue weighted by molar-refractivity contribution is 7.11. The maximum Gasteiger partial charge on any atom is 0.259 e. The van der Waals surface area contributed by atoms with Crippen molar-refractivity contribution in [3.8, 4) is 5.75 Å². The number of hydrogen-bond donors (Lipinski definition) is 2. The fraction of sp³-hybridized carbons (Fsp3) is 0.188. The van der Waals surface area contributed by atoms with E-state index in [4.69, 9.17) is 4.74 Å². The van der Waals surface area contributed by atoms with Gasteiger partial charge in [0.15, 0.2) is 6.61 Å². The van der Waals surface area contributed by atoms with Crippen molar-refractivity contribution >= 4 is 29.4 Å². The van der Waals surface area contributed by atoms with Crippen molar-refractivity contribution in [1.82, 2.24) is 10.7 Å². The Morgan fingerprint density at radius 2 is 2.13 bits per heavy atom. The summed E-state index contributed by atoms with van der Waals surface area (Å²) in [6.45, 7) is 1.64. The van der Waals surface area contributed by atoms with Crippen LogP contribution < -0.4 is 15.5 Å². The van der Waals surface area contributed by atoms with Crippen LogP contribution in [-0.4, -0.2) is 31.2 Å². The van der Waals surface area contributed by atoms with Gasteiger partial charge in [0.1, 0.15) is 5.75 Å². The number of benzene rings is 1. The van der Waals surface area contributed by atoms with Crippen LogP contribution >= 0.6 is 11.3 Å². The van der Waals surface area contributed by atoms with E-state index >= 15 is 0 Å². The van der Waals surface area contributed by atoms with Crippen LogP contribution in [0, 0.1) is 6.92 Å². The lowest BCUT2D eigenvalue weighted by molar-refractivity contribution is -0.127. The minimum atomic E-state index is -0.401. The van der Waals surface area contributed by atoms with E-state index in [1.54, 1.807) is 12.3 Å². The van der Waals surface area contributed by atoms with E-state index in [9.17, 15) is 9.59 Å². The smallest absolute Gasteiger partial charge is 0.259 e. The number of thiophene rings is 1. The second kappa shape index (κ2) is 8.70. The van der Waals surface area contributed by atoms with Crippen LogP contribution in [0.25, 0.3) is 0 Å². The van der Waals surface area contributed by atoms with Crippen molar-refractivity contribution < 1.29 is 14.3 Å². The Morgan fingerprint density at radius 1 is 1.26 bits per heavy atom. The molecule has 0 saturated carbocycles. The summed E-state index contributed by atoms with van der Waals surface area (Å²) in [4.78, 5) is 24.1. The topological polar surface area (TPSA) is 79.8 Å². The summed E-state index contributed by atoms with van der Waals surface area (Å²) in [6.07, 6.45) is 1.55. The third kappa shape index (κ3) is 6.31. The van der Waals surface area contributed by atoms with Gasteiger partial charge in [-0.1, -0.05) is 18.2 Å². The zero-order valence-electron chi connectivity index (χ0n) is 12.6. The van der Waals surface area contributed by atoms with Crippen molar-refractivity contribution in [2.24, 2.45) is 5.10 Å². The Balaban J connectivity index is 1.64. The molecular weight excluding hydrogens is 314 g/mol. The summed E-state index contributed by atoms with van der Waals surface area (Å²) in [5, 5.41) is 8.18. The predicted octanol–water partition coefficient (Wildman–Crippen LogP) is 1.70. The van der Waals surface area contributed by atoms with Gasteiger partial charge in [0.25, 0.3) is 11.8 Å². The zero-order chi connectivity index (χ0) is 16.5. The summed E-state index contributed by atoms with van der Waals surface area (Å²) in [5.74, 6) is -0.157. The molecule has 6 nitrogen and oxygen atoms in total. The van der Waals surface area contributed by atoms with Crippen LogP contribution in [0.15, 0.2) is 46.9 Å². The van der Waals surface area contributed by atoms with Crippen LogP contribution in [-0.2, 0) is 9.59 Å². The molecule has 0 aliphatic heterocycles. The Bertz CT molecular complexity index is 684. The van der Waals surface area contributed by atoms with Crippen LogP contribution in [0.4, 0.5) is 0 Å². The van der Waals surface area contributed by atoms with E-state index in [1.165, 1.54) is 11.3 Å². The number of hydrogen-bond acceptors (Lipinski definition) is 5. The maximum absolute atomic E-state index is 11.6. The van der Waals surface area contributed by atoms with E-state index in [1.807, 2.05) is 42.6 Å². The molecule has 2 N–H and O–H groups in total. The fourth-order valence-electron chi connectivity index (χ4n) is 1.66. The molecule has 0 spiro atoms. The molecule has 2 amide bonds. The lowest BCUT2D eigenvalue weighted by atomic mass is 10.2. The first-order valence-electron chi connectivity index (χ1n) is 6.95. The quantitative estimate of drug-likeness (QED) is 0.599. The number of rotatable bonds is 7. The highest BCUT2D eigenvalue weighted by atomic mass is 32.1. The molecular formula is C16H17N3O3S. The third-order valence-electron chi connectivity index (χ3n) is 2.73. The van der Waals surface area contributed by atoms with Crippen molar-refractivity contribution in [2.45, 2.75) is 6.92 Å². The molecule has 0 aliphatic rings. The van der Waals surface area contributed by atoms with E-state index in [0.29, 0.717) is 5.75 Å². The lowest BCUT2D eigenvalue weighted by Crippen LogP contribution is -2.37. The molecule has 0 fully saturated rings. The van der Waals surface area contributed by atoms with E-state index in [0.717, 1.165) is 10.4 Å². The van der Waals surface area contributed by atoms with Crippen LogP contribution in [0.5, 0.6) is 5.75 Å². The maximum atomic E-state index is 11.6. The van der Waals surface area contributed by atoms with Gasteiger partial charge in [0.05, 0.1) is 12.8 Å². The first-order chi connectivity index (χ1) is 11.1. The van der Waals surface area contributed by atoms with E-state index in [2.05, 4.69) is 15.8 Å². The monoisotopic (exact) mass is 331 g/mol. The molecule has 2 rings (SSSR count). The molecule has 0 aliphatic carbocycles. The molecule has 7 heteroatoms. The molecule has 0 radical (unpaired) electrons. The average Bonchev–Trinajstić information content (AvgIpc) is 3.04. The molecule has 0 saturated heterocycles. The predicted molar refractivity (Wildman–Crippen MR) is 89.7 cm³/mol. The van der Waals surface area contributed by atoms with Crippen molar-refractivity contribution in [2.75, 3.05) is 13.2 Å². The number of aryl methyl sites for hydroxylation is 1. The molecule has 2 aromatic rings. The summed E-state index contributed by atoms with van der Waals surface area (Å²) in [7, 11) is 0. The molecule has 1 heterocycles. The zero-order valence-corrected chi connectivity index (χ0v) is 13.4. The molecule has 1 aromatic carbocycles. The largest absolute Gasteiger partial charge is 0.484 e. The highest BCUT2D eigenvalue weighted by Gasteiger charge is 2.05. The summed E-state index contributed by atoms with van der Waals surface area (Å²) in [6, 6.07) is 11.2. The molecule has 0 bridgehead atoms. The summed E-state index contributed by atoms with van der Waals surface area (Å²) >= 11 is 1.51. The van der Waals surface area contributed by atoms with Gasteiger partial charge in [-0.05, 0) is 36.1 Å². The van der Waals surface area contributed by atoms with Crippen molar-refractivity contribution in [3.63, 3.8) is 0 Å². The lowest BCUT2D eigenvalue weighted by Gasteiger charge is -2.07. The molecule has 0 atom stereocenters. The fourth-order valence-corrected chi connectivity index (χ4v) is 2.24. The Hall–Kier alpha value is -2.67. The number of carbonyl (C=O) groups excluding carboxylic acids is 2. The van der Waals surface area contributed by atoms with Crippen LogP contribution in [0.2, 0.25) is 0 Å². The number of nitrogens with zero attached hydrogens (tertiary/aromatic N) is 1. The molecule has 0 unspecified atom stereocenters. The van der Waals surface area contributed by atoms with Gasteiger partial charge < -0.3 is 10.1 Å². The Morgan fingerprint density at radius 3 is 2.87 bits per heavy atom. The van der Waals surface area contributed by atoms with Crippen LogP contribution in [0.1, 0.15) is 10.4 Å². The number of ether oxygens (including phenoxy) is 1. The minimum absolute atomic E-state index is 0.144. The van der Waals surface area contributed by atoms with Gasteiger partial charge in [0, 0.05) is 4.88 Å². The number of carbonyl (C=O) groups is 2. The van der Waals surface area contributed by atoms with Gasteiger partial charge in [-0.3, -0.25) is 9.59 Å². The van der Waals surface area contributed by atoms with Gasteiger partial charge in [0.2, 0.25) is 0 Å². The van der Waals surface area contributed by atoms with Crippen molar-refractivity contribution in [3.05, 3.63) is 52.2 Å². The third-order valence-corrected chi connectivity index (χ3v) is 3.54. The first-order valence-corrected chi connectivity index (χ1v) is 7.83. The van der Waals surface area contributed by atoms with Gasteiger partial charge in [-0.15, -0.1) is 11.3 Å². The van der Waals surface area contributed by atoms with Crippen LogP contribution in [0.3, 0.4) is 0 Å². The summed E-state index contributed by atoms with van der Waals surface area (Å²) < 4.78 is 5.34. The van der Waals surface area contributed by atoms with Gasteiger partial charge in [-0.25, -0.2) is 5.43 Å². The number of amides is 2. The average molecular weight is 331 g/mol. The molecule has 120 valence electrons. The van der Waals surface area contributed by atoms with Gasteiger partial charge in [-0.2, -0.15) is 5.10 Å². The van der Waals surface area contributed by atoms with Crippen molar-refractivity contribution in [1.29, 1.82) is 0 Å². The normalized spacial score (nSPS) is 10.5. The molecule has 1 aromatic heterocycles. The standard InChI is InChI=1S/C16H17N3O3S/c1-12-4-2-5-13(8-12)22-11-16(21)17-10-15(20)19-18-9-14-6-3-7-23-14/h2-9H,10-11H2,1H3,(H,17,21)(H,19,20)/b18-9-. The molecule has 23 heavy (non-hydrogen) atoms. The first kappa shape index (κ1) is 16.7. The minimum Gasteiger partial charge on any atom is -0.484 e. The highest BCUT2D eigenvalue weighted by Crippen LogP contribution is 2.11. The second-order valence-electron chi connectivity index (χ2n) is 4.69. The Labute approximate surface area is 138 Å². The van der Waals surface area contributed by atoms with Gasteiger partial charge >= 0.3 is 0 Å². The SMILES string of the molecule is Cc1cccc(OCC(=O)NCC(=O)N/N=C\c2cccs2)c1. The number of hydrazone groups is 1.